The fraction of sp³-hybridized carbons (Fsp3) is 1.00. The summed E-state index contributed by atoms with van der Waals surface area (Å²) in [6, 6.07) is 1.87. The molecule has 2 heterocycles. The Morgan fingerprint density at radius 3 is 2.69 bits per heavy atom. The highest BCUT2D eigenvalue weighted by Gasteiger charge is 2.39. The van der Waals surface area contributed by atoms with Crippen molar-refractivity contribution < 1.29 is 0 Å². The standard InChI is InChI=1S/C11H20N2/c1-4-10(5-1)13-6-2-3-9-7-12-8-11(9)13/h9-12H,1-8H2. The zero-order valence-electron chi connectivity index (χ0n) is 8.34. The lowest BCUT2D eigenvalue weighted by molar-refractivity contribution is 0.0392. The highest BCUT2D eigenvalue weighted by molar-refractivity contribution is 4.96. The summed E-state index contributed by atoms with van der Waals surface area (Å²) in [5, 5.41) is 3.56. The summed E-state index contributed by atoms with van der Waals surface area (Å²) in [6.07, 6.45) is 7.35. The van der Waals surface area contributed by atoms with E-state index in [1.54, 1.807) is 0 Å². The molecule has 0 aromatic heterocycles. The molecular formula is C11H20N2. The molecule has 1 aliphatic carbocycles. The lowest BCUT2D eigenvalue weighted by atomic mass is 9.84. The number of rotatable bonds is 1. The summed E-state index contributed by atoms with van der Waals surface area (Å²) in [6.45, 7) is 3.93. The van der Waals surface area contributed by atoms with Gasteiger partial charge in [0.15, 0.2) is 0 Å². The maximum Gasteiger partial charge on any atom is 0.0263 e. The Balaban J connectivity index is 1.70. The fourth-order valence-electron chi connectivity index (χ4n) is 3.28. The summed E-state index contributed by atoms with van der Waals surface area (Å²) >= 11 is 0. The Morgan fingerprint density at radius 1 is 1.00 bits per heavy atom. The Hall–Kier alpha value is -0.0800. The van der Waals surface area contributed by atoms with E-state index in [0.717, 1.165) is 18.0 Å². The molecule has 2 unspecified atom stereocenters. The van der Waals surface area contributed by atoms with Crippen LogP contribution in [0.1, 0.15) is 32.1 Å². The molecule has 1 saturated carbocycles. The van der Waals surface area contributed by atoms with E-state index in [4.69, 9.17) is 0 Å². The average Bonchev–Trinajstić information content (AvgIpc) is 2.49. The zero-order chi connectivity index (χ0) is 8.67. The van der Waals surface area contributed by atoms with Crippen LogP contribution in [0.3, 0.4) is 0 Å². The van der Waals surface area contributed by atoms with Gasteiger partial charge in [-0.3, -0.25) is 4.90 Å². The Labute approximate surface area is 80.7 Å². The van der Waals surface area contributed by atoms with Crippen molar-refractivity contribution in [1.29, 1.82) is 0 Å². The molecule has 2 nitrogen and oxygen atoms in total. The molecule has 0 aromatic carbocycles. The topological polar surface area (TPSA) is 15.3 Å². The summed E-state index contributed by atoms with van der Waals surface area (Å²) in [5.41, 5.74) is 0. The highest BCUT2D eigenvalue weighted by atomic mass is 15.2. The van der Waals surface area contributed by atoms with Crippen LogP contribution >= 0.6 is 0 Å². The minimum absolute atomic E-state index is 0.902. The molecule has 0 amide bonds. The van der Waals surface area contributed by atoms with E-state index >= 15 is 0 Å². The second kappa shape index (κ2) is 3.25. The van der Waals surface area contributed by atoms with Gasteiger partial charge in [0.05, 0.1) is 0 Å². The van der Waals surface area contributed by atoms with Crippen molar-refractivity contribution in [2.24, 2.45) is 5.92 Å². The normalized spacial score (nSPS) is 41.5. The summed E-state index contributed by atoms with van der Waals surface area (Å²) < 4.78 is 0. The van der Waals surface area contributed by atoms with Crippen molar-refractivity contribution in [3.8, 4) is 0 Å². The van der Waals surface area contributed by atoms with Crippen molar-refractivity contribution in [3.05, 3.63) is 0 Å². The van der Waals surface area contributed by atoms with Gasteiger partial charge in [-0.1, -0.05) is 6.42 Å². The van der Waals surface area contributed by atoms with E-state index in [9.17, 15) is 0 Å². The van der Waals surface area contributed by atoms with E-state index in [1.165, 1.54) is 51.7 Å². The molecule has 3 rings (SSSR count). The zero-order valence-corrected chi connectivity index (χ0v) is 8.34. The molecule has 74 valence electrons. The number of fused-ring (bicyclic) bond motifs is 1. The number of likely N-dealkylation sites (tertiary alicyclic amines) is 1. The van der Waals surface area contributed by atoms with Crippen LogP contribution in [0.15, 0.2) is 0 Å². The number of hydrogen-bond acceptors (Lipinski definition) is 2. The SMILES string of the molecule is C1CC(N2CCCC3CNCC32)C1. The number of nitrogens with one attached hydrogen (secondary N) is 1. The molecule has 2 saturated heterocycles. The molecule has 3 fully saturated rings. The first-order valence-corrected chi connectivity index (χ1v) is 5.91. The third-order valence-electron chi connectivity index (χ3n) is 4.27. The maximum absolute atomic E-state index is 3.56. The largest absolute Gasteiger partial charge is 0.315 e. The van der Waals surface area contributed by atoms with Gasteiger partial charge in [-0.05, 0) is 44.7 Å². The number of hydrogen-bond donors (Lipinski definition) is 1. The molecule has 0 aromatic rings. The third kappa shape index (κ3) is 1.31. The molecule has 2 heteroatoms. The maximum atomic E-state index is 3.56. The fourth-order valence-corrected chi connectivity index (χ4v) is 3.28. The monoisotopic (exact) mass is 180 g/mol. The van der Waals surface area contributed by atoms with Gasteiger partial charge in [-0.25, -0.2) is 0 Å². The van der Waals surface area contributed by atoms with Gasteiger partial charge in [-0.15, -0.1) is 0 Å². The summed E-state index contributed by atoms with van der Waals surface area (Å²) in [5.74, 6) is 0.981. The number of piperidine rings is 1. The molecule has 13 heavy (non-hydrogen) atoms. The van der Waals surface area contributed by atoms with E-state index < -0.39 is 0 Å². The summed E-state index contributed by atoms with van der Waals surface area (Å²) in [4.78, 5) is 2.82. The summed E-state index contributed by atoms with van der Waals surface area (Å²) in [7, 11) is 0. The first kappa shape index (κ1) is 8.25. The van der Waals surface area contributed by atoms with E-state index in [2.05, 4.69) is 10.2 Å². The van der Waals surface area contributed by atoms with Crippen LogP contribution in [-0.2, 0) is 0 Å². The second-order valence-corrected chi connectivity index (χ2v) is 4.95. The van der Waals surface area contributed by atoms with Gasteiger partial charge >= 0.3 is 0 Å². The van der Waals surface area contributed by atoms with Crippen molar-refractivity contribution in [3.63, 3.8) is 0 Å². The van der Waals surface area contributed by atoms with Crippen molar-refractivity contribution in [1.82, 2.24) is 10.2 Å². The molecular weight excluding hydrogens is 160 g/mol. The lowest BCUT2D eigenvalue weighted by Crippen LogP contribution is -2.52. The van der Waals surface area contributed by atoms with Gasteiger partial charge in [0, 0.05) is 18.6 Å². The Morgan fingerprint density at radius 2 is 1.92 bits per heavy atom. The van der Waals surface area contributed by atoms with Gasteiger partial charge in [0.1, 0.15) is 0 Å². The first-order chi connectivity index (χ1) is 6.45. The predicted molar refractivity (Wildman–Crippen MR) is 53.7 cm³/mol. The smallest absolute Gasteiger partial charge is 0.0263 e. The van der Waals surface area contributed by atoms with Gasteiger partial charge < -0.3 is 5.32 Å². The molecule has 2 atom stereocenters. The van der Waals surface area contributed by atoms with Gasteiger partial charge in [-0.2, -0.15) is 0 Å². The van der Waals surface area contributed by atoms with Crippen LogP contribution < -0.4 is 5.32 Å². The minimum atomic E-state index is 0.902. The van der Waals surface area contributed by atoms with E-state index in [1.807, 2.05) is 0 Å². The van der Waals surface area contributed by atoms with Crippen LogP contribution in [0.25, 0.3) is 0 Å². The second-order valence-electron chi connectivity index (χ2n) is 4.95. The third-order valence-corrected chi connectivity index (χ3v) is 4.27. The van der Waals surface area contributed by atoms with Crippen LogP contribution in [0.4, 0.5) is 0 Å². The van der Waals surface area contributed by atoms with E-state index in [-0.39, 0.29) is 0 Å². The van der Waals surface area contributed by atoms with Crippen molar-refractivity contribution in [2.75, 3.05) is 19.6 Å². The van der Waals surface area contributed by atoms with Crippen LogP contribution in [0.2, 0.25) is 0 Å². The Kier molecular flexibility index (Phi) is 2.06. The molecule has 0 spiro atoms. The number of nitrogens with zero attached hydrogens (tertiary/aromatic N) is 1. The van der Waals surface area contributed by atoms with E-state index in [0.29, 0.717) is 0 Å². The van der Waals surface area contributed by atoms with Crippen LogP contribution in [0.5, 0.6) is 0 Å². The predicted octanol–water partition coefficient (Wildman–Crippen LogP) is 1.22. The molecule has 1 N–H and O–H groups in total. The quantitative estimate of drug-likeness (QED) is 0.653. The van der Waals surface area contributed by atoms with Gasteiger partial charge in [0.2, 0.25) is 0 Å². The first-order valence-electron chi connectivity index (χ1n) is 5.91. The van der Waals surface area contributed by atoms with Crippen LogP contribution in [-0.4, -0.2) is 36.6 Å². The molecule has 0 radical (unpaired) electrons. The van der Waals surface area contributed by atoms with Crippen molar-refractivity contribution in [2.45, 2.75) is 44.2 Å². The molecule has 0 bridgehead atoms. The highest BCUT2D eigenvalue weighted by Crippen LogP contribution is 2.34. The molecule has 3 aliphatic rings. The van der Waals surface area contributed by atoms with Crippen molar-refractivity contribution >= 4 is 0 Å². The Bertz CT molecular complexity index is 189. The van der Waals surface area contributed by atoms with Gasteiger partial charge in [0.25, 0.3) is 0 Å². The van der Waals surface area contributed by atoms with Crippen LogP contribution in [0, 0.1) is 5.92 Å². The lowest BCUT2D eigenvalue weighted by Gasteiger charge is -2.45. The average molecular weight is 180 g/mol. The minimum Gasteiger partial charge on any atom is -0.315 e. The molecule has 2 aliphatic heterocycles.